The third-order valence-electron chi connectivity index (χ3n) is 11.0. The lowest BCUT2D eigenvalue weighted by Gasteiger charge is -2.32. The lowest BCUT2D eigenvalue weighted by molar-refractivity contribution is -0.141. The number of benzene rings is 3. The highest BCUT2D eigenvalue weighted by Gasteiger charge is 2.36. The molecule has 2 heterocycles. The van der Waals surface area contributed by atoms with Gasteiger partial charge in [0.25, 0.3) is 5.91 Å². The van der Waals surface area contributed by atoms with Crippen LogP contribution in [0.5, 0.6) is 17.2 Å². The number of nitrogens with one attached hydrogen (secondary N) is 4. The maximum atomic E-state index is 14.6. The number of aryl methyl sites for hydroxylation is 2. The van der Waals surface area contributed by atoms with Crippen molar-refractivity contribution in [1.29, 1.82) is 5.26 Å². The minimum absolute atomic E-state index is 0.0159. The van der Waals surface area contributed by atoms with E-state index in [0.29, 0.717) is 52.0 Å². The number of phenolic OH excluding ortho intramolecular Hbond substituents is 1. The number of likely N-dealkylation sites (N-methyl/N-ethyl adjacent to an activating group) is 1. The summed E-state index contributed by atoms with van der Waals surface area (Å²) in [7, 11) is 1.39. The zero-order chi connectivity index (χ0) is 48.3. The van der Waals surface area contributed by atoms with Gasteiger partial charge in [0.15, 0.2) is 5.82 Å². The fourth-order valence-electron chi connectivity index (χ4n) is 7.43. The predicted molar refractivity (Wildman–Crippen MR) is 247 cm³/mol. The van der Waals surface area contributed by atoms with Crippen molar-refractivity contribution in [3.8, 4) is 45.8 Å². The Bertz CT molecular complexity index is 2440. The van der Waals surface area contributed by atoms with Gasteiger partial charge in [0, 0.05) is 36.7 Å². The van der Waals surface area contributed by atoms with E-state index >= 15 is 0 Å². The summed E-state index contributed by atoms with van der Waals surface area (Å²) in [5.74, 6) is -2.23. The monoisotopic (exact) mass is 904 g/mol. The average molecular weight is 905 g/mol. The first-order chi connectivity index (χ1) is 31.3. The molecule has 0 saturated carbocycles. The van der Waals surface area contributed by atoms with Crippen molar-refractivity contribution in [1.82, 2.24) is 36.1 Å². The van der Waals surface area contributed by atoms with E-state index in [1.165, 1.54) is 20.0 Å². The third kappa shape index (κ3) is 12.6. The molecule has 1 unspecified atom stereocenters. The molecule has 5 amide bonds. The number of nitriles is 1. The highest BCUT2D eigenvalue weighted by Crippen LogP contribution is 2.39. The van der Waals surface area contributed by atoms with Gasteiger partial charge in [-0.2, -0.15) is 5.26 Å². The summed E-state index contributed by atoms with van der Waals surface area (Å²) in [6.45, 7) is 11.7. The minimum Gasteiger partial charge on any atom is -0.507 e. The van der Waals surface area contributed by atoms with E-state index in [1.54, 1.807) is 44.2 Å². The van der Waals surface area contributed by atoms with Gasteiger partial charge in [-0.25, -0.2) is 9.97 Å². The molecule has 18 nitrogen and oxygen atoms in total. The molecule has 1 aliphatic rings. The van der Waals surface area contributed by atoms with Crippen LogP contribution in [0.1, 0.15) is 79.5 Å². The summed E-state index contributed by atoms with van der Waals surface area (Å²) >= 11 is 0. The van der Waals surface area contributed by atoms with Crippen molar-refractivity contribution in [3.05, 3.63) is 88.7 Å². The zero-order valence-corrected chi connectivity index (χ0v) is 38.5. The molecule has 5 rings (SSSR count). The number of ether oxygens (including phenoxy) is 2. The Hall–Kier alpha value is -7.10. The molecule has 4 bridgehead atoms. The van der Waals surface area contributed by atoms with Crippen LogP contribution in [-0.2, 0) is 25.6 Å². The summed E-state index contributed by atoms with van der Waals surface area (Å²) < 4.78 is 11.9. The molecule has 350 valence electrons. The number of aromatic hydroxyl groups is 1. The summed E-state index contributed by atoms with van der Waals surface area (Å²) in [5.41, 5.74) is 14.9. The first-order valence-corrected chi connectivity index (χ1v) is 21.8. The number of hydrogen-bond donors (Lipinski definition) is 7. The third-order valence-corrected chi connectivity index (χ3v) is 11.0. The first kappa shape index (κ1) is 49.9. The average Bonchev–Trinajstić information content (AvgIpc) is 3.26. The second-order valence-corrected chi connectivity index (χ2v) is 17.3. The van der Waals surface area contributed by atoms with Gasteiger partial charge in [-0.05, 0) is 105 Å². The van der Waals surface area contributed by atoms with Crippen LogP contribution in [0, 0.1) is 30.6 Å². The van der Waals surface area contributed by atoms with Crippen LogP contribution in [0.2, 0.25) is 0 Å². The van der Waals surface area contributed by atoms with E-state index in [1.807, 2.05) is 30.3 Å². The normalized spacial score (nSPS) is 16.6. The fraction of sp³-hybridized carbons (Fsp3) is 0.417. The van der Waals surface area contributed by atoms with Crippen molar-refractivity contribution in [3.63, 3.8) is 0 Å². The van der Waals surface area contributed by atoms with E-state index in [2.05, 4.69) is 52.0 Å². The quantitative estimate of drug-likeness (QED) is 0.0846. The van der Waals surface area contributed by atoms with Gasteiger partial charge in [-0.15, -0.1) is 0 Å². The molecule has 1 aliphatic heterocycles. The highest BCUT2D eigenvalue weighted by molar-refractivity contribution is 6.00. The lowest BCUT2D eigenvalue weighted by atomic mass is 9.93. The van der Waals surface area contributed by atoms with E-state index in [4.69, 9.17) is 26.2 Å². The standard InChI is InChI=1S/C48H60N10O8/c1-27-40(28(2)54-42(53-27)31-9-12-33(13-10-31)65-22-17-48(4,5)6)45(62)56-36(16-18-49)47(64)58(7)41-32-11-15-39(66-23-20-51)35(26-32)34-24-30(8-14-38(34)59)25-37(44(61)52-21-19-50)57-43(60)29(3)55-46(41)63/h8-15,24,26,29,36-37,41,59H,16-18,20-23,25,49,51H2,1-7H3,(H,52,61)(H,55,63)(H,56,62)(H,57,60)/t29-,36?,37-,41-/m0/s1. The molecule has 66 heavy (non-hydrogen) atoms. The van der Waals surface area contributed by atoms with Crippen molar-refractivity contribution in [2.75, 3.05) is 39.9 Å². The second kappa shape index (κ2) is 22.2. The lowest BCUT2D eigenvalue weighted by Crippen LogP contribution is -2.56. The number of carbonyl (C=O) groups is 5. The van der Waals surface area contributed by atoms with E-state index in [9.17, 15) is 29.1 Å². The maximum Gasteiger partial charge on any atom is 0.255 e. The smallest absolute Gasteiger partial charge is 0.255 e. The zero-order valence-electron chi connectivity index (χ0n) is 38.5. The van der Waals surface area contributed by atoms with Gasteiger partial charge in [0.2, 0.25) is 23.6 Å². The van der Waals surface area contributed by atoms with Crippen LogP contribution in [-0.4, -0.2) is 108 Å². The van der Waals surface area contributed by atoms with Crippen molar-refractivity contribution < 1.29 is 38.6 Å². The Morgan fingerprint density at radius 3 is 2.27 bits per heavy atom. The van der Waals surface area contributed by atoms with Gasteiger partial charge >= 0.3 is 0 Å². The predicted octanol–water partition coefficient (Wildman–Crippen LogP) is 3.12. The van der Waals surface area contributed by atoms with Gasteiger partial charge in [0.05, 0.1) is 29.6 Å². The maximum absolute atomic E-state index is 14.6. The number of phenols is 1. The largest absolute Gasteiger partial charge is 0.507 e. The molecule has 0 fully saturated rings. The fourth-order valence-corrected chi connectivity index (χ4v) is 7.43. The SMILES string of the molecule is Cc1nc(-c2ccc(OCCC(C)(C)C)cc2)nc(C)c1C(=O)NC(CCN)C(=O)N(C)[C@@H]1C(=O)N[C@@H](C)C(=O)N[C@H](C(=O)NCC#N)Cc2ccc(O)c(c2)-c2cc1ccc2OCCN. The summed E-state index contributed by atoms with van der Waals surface area (Å²) in [6, 6.07) is 13.5. The Morgan fingerprint density at radius 2 is 1.64 bits per heavy atom. The number of nitrogens with zero attached hydrogens (tertiary/aromatic N) is 4. The molecule has 4 atom stereocenters. The first-order valence-electron chi connectivity index (χ1n) is 21.8. The van der Waals surface area contributed by atoms with E-state index in [0.717, 1.165) is 11.3 Å². The van der Waals surface area contributed by atoms with Gasteiger partial charge in [0.1, 0.15) is 54.6 Å². The molecule has 1 aromatic heterocycles. The van der Waals surface area contributed by atoms with Crippen LogP contribution in [0.15, 0.2) is 60.7 Å². The Kier molecular flexibility index (Phi) is 16.8. The van der Waals surface area contributed by atoms with Gasteiger partial charge in [-0.3, -0.25) is 24.0 Å². The number of fused-ring (bicyclic) bond motifs is 5. The number of amides is 5. The van der Waals surface area contributed by atoms with Crippen molar-refractivity contribution in [2.45, 2.75) is 85.0 Å². The minimum atomic E-state index is -1.43. The Balaban J connectivity index is 1.48. The molecule has 18 heteroatoms. The molecule has 0 saturated heterocycles. The summed E-state index contributed by atoms with van der Waals surface area (Å²) in [4.78, 5) is 80.4. The summed E-state index contributed by atoms with van der Waals surface area (Å²) in [5, 5.41) is 30.9. The molecular weight excluding hydrogens is 845 g/mol. The number of nitrogens with two attached hydrogens (primary N) is 2. The molecule has 0 aliphatic carbocycles. The van der Waals surface area contributed by atoms with E-state index in [-0.39, 0.29) is 66.9 Å². The van der Waals surface area contributed by atoms with Crippen LogP contribution in [0.4, 0.5) is 0 Å². The van der Waals surface area contributed by atoms with Gasteiger partial charge in [-0.1, -0.05) is 32.9 Å². The van der Waals surface area contributed by atoms with Crippen LogP contribution in [0.25, 0.3) is 22.5 Å². The van der Waals surface area contributed by atoms with Crippen molar-refractivity contribution >= 4 is 29.5 Å². The number of aromatic nitrogens is 2. The highest BCUT2D eigenvalue weighted by atomic mass is 16.5. The Labute approximate surface area is 384 Å². The molecule has 4 aromatic rings. The van der Waals surface area contributed by atoms with Crippen LogP contribution >= 0.6 is 0 Å². The molecule has 3 aromatic carbocycles. The molecule has 0 spiro atoms. The van der Waals surface area contributed by atoms with Gasteiger partial charge < -0.3 is 52.2 Å². The van der Waals surface area contributed by atoms with Crippen LogP contribution < -0.4 is 42.2 Å². The molecule has 0 radical (unpaired) electrons. The second-order valence-electron chi connectivity index (χ2n) is 17.3. The Morgan fingerprint density at radius 1 is 0.939 bits per heavy atom. The van der Waals surface area contributed by atoms with Crippen molar-refractivity contribution in [2.24, 2.45) is 16.9 Å². The number of hydrogen-bond acceptors (Lipinski definition) is 13. The number of carbonyl (C=O) groups excluding carboxylic acids is 5. The topological polar surface area (TPSA) is 277 Å². The van der Waals surface area contributed by atoms with Crippen LogP contribution in [0.3, 0.4) is 0 Å². The molecular formula is C48H60N10O8. The summed E-state index contributed by atoms with van der Waals surface area (Å²) in [6.07, 6.45) is 0.832. The molecule has 9 N–H and O–H groups in total. The van der Waals surface area contributed by atoms with E-state index < -0.39 is 53.7 Å². The number of rotatable bonds is 15.